The molecule has 0 unspecified atom stereocenters. The van der Waals surface area contributed by atoms with Gasteiger partial charge in [-0.1, -0.05) is 0 Å². The number of carbonyl (C=O) groups is 1. The number of benzene rings is 2. The highest BCUT2D eigenvalue weighted by molar-refractivity contribution is 7.71. The number of ether oxygens (including phenoxy) is 1. The van der Waals surface area contributed by atoms with E-state index >= 15 is 0 Å². The fraction of sp³-hybridized carbons (Fsp3) is 0.143. The Morgan fingerprint density at radius 1 is 1.17 bits per heavy atom. The van der Waals surface area contributed by atoms with Gasteiger partial charge in [0.15, 0.2) is 10.6 Å². The lowest BCUT2D eigenvalue weighted by Gasteiger charge is -2.09. The molecule has 2 aromatic carbocycles. The molecule has 0 fully saturated rings. The number of rotatable bonds is 7. The highest BCUT2D eigenvalue weighted by Gasteiger charge is 2.11. The van der Waals surface area contributed by atoms with Crippen LogP contribution in [0, 0.1) is 4.77 Å². The van der Waals surface area contributed by atoms with Crippen molar-refractivity contribution in [1.82, 2.24) is 19.7 Å². The molecule has 2 heterocycles. The number of aromatic nitrogens is 4. The molecule has 4 rings (SSSR count). The molecular weight excluding hydrogens is 418 g/mol. The molecular formula is C21H19N5O2S2. The first-order valence-electron chi connectivity index (χ1n) is 9.23. The first-order valence-corrected chi connectivity index (χ1v) is 10.5. The summed E-state index contributed by atoms with van der Waals surface area (Å²) in [6.45, 7) is 0.416. The van der Waals surface area contributed by atoms with Crippen LogP contribution < -0.4 is 10.1 Å². The van der Waals surface area contributed by atoms with E-state index in [9.17, 15) is 4.79 Å². The lowest BCUT2D eigenvalue weighted by Crippen LogP contribution is -2.15. The van der Waals surface area contributed by atoms with Crippen LogP contribution in [0.25, 0.3) is 22.0 Å². The Morgan fingerprint density at radius 2 is 1.90 bits per heavy atom. The summed E-state index contributed by atoms with van der Waals surface area (Å²) in [5.41, 5.74) is 2.66. The minimum atomic E-state index is -0.0965. The molecule has 0 atom stereocenters. The SMILES string of the molecule is COc1ccc(-c2n[nH]c(=S)n2CCC(=O)Nc2ccc(-c3nccs3)cc2)cc1. The predicted molar refractivity (Wildman–Crippen MR) is 120 cm³/mol. The number of nitrogens with one attached hydrogen (secondary N) is 2. The maximum atomic E-state index is 12.4. The monoisotopic (exact) mass is 437 g/mol. The van der Waals surface area contributed by atoms with Gasteiger partial charge in [0, 0.05) is 41.4 Å². The Balaban J connectivity index is 1.40. The zero-order valence-corrected chi connectivity index (χ0v) is 17.8. The number of aromatic amines is 1. The Bertz CT molecular complexity index is 1180. The molecule has 9 heteroatoms. The quantitative estimate of drug-likeness (QED) is 0.407. The summed E-state index contributed by atoms with van der Waals surface area (Å²) in [5.74, 6) is 1.35. The average molecular weight is 438 g/mol. The first-order chi connectivity index (χ1) is 14.6. The van der Waals surface area contributed by atoms with Gasteiger partial charge in [-0.2, -0.15) is 5.10 Å². The number of carbonyl (C=O) groups excluding carboxylic acids is 1. The van der Waals surface area contributed by atoms with Crippen LogP contribution in [-0.2, 0) is 11.3 Å². The molecule has 0 aliphatic heterocycles. The van der Waals surface area contributed by atoms with E-state index in [4.69, 9.17) is 17.0 Å². The zero-order chi connectivity index (χ0) is 20.9. The standard InChI is InChI=1S/C21H19N5O2S2/c1-28-17-8-4-14(5-9-17)19-24-25-21(29)26(19)12-10-18(27)23-16-6-2-15(3-7-16)20-22-11-13-30-20/h2-9,11,13H,10,12H2,1H3,(H,23,27)(H,25,29). The van der Waals surface area contributed by atoms with Gasteiger partial charge in [-0.05, 0) is 60.7 Å². The van der Waals surface area contributed by atoms with E-state index in [2.05, 4.69) is 20.5 Å². The number of methoxy groups -OCH3 is 1. The number of hydrogen-bond acceptors (Lipinski definition) is 6. The second kappa shape index (κ2) is 9.02. The van der Waals surface area contributed by atoms with E-state index in [1.54, 1.807) is 24.6 Å². The van der Waals surface area contributed by atoms with Gasteiger partial charge in [0.2, 0.25) is 5.91 Å². The van der Waals surface area contributed by atoms with Crippen molar-refractivity contribution in [2.24, 2.45) is 0 Å². The molecule has 152 valence electrons. The van der Waals surface area contributed by atoms with Gasteiger partial charge in [-0.25, -0.2) is 4.98 Å². The predicted octanol–water partition coefficient (Wildman–Crippen LogP) is 4.77. The molecule has 0 spiro atoms. The van der Waals surface area contributed by atoms with Gasteiger partial charge in [0.25, 0.3) is 0 Å². The highest BCUT2D eigenvalue weighted by atomic mass is 32.1. The molecule has 0 bridgehead atoms. The van der Waals surface area contributed by atoms with E-state index in [0.717, 1.165) is 27.6 Å². The average Bonchev–Trinajstić information content (AvgIpc) is 3.43. The van der Waals surface area contributed by atoms with Crippen LogP contribution in [0.3, 0.4) is 0 Å². The van der Waals surface area contributed by atoms with Crippen molar-refractivity contribution >= 4 is 35.1 Å². The summed E-state index contributed by atoms with van der Waals surface area (Å²) < 4.78 is 7.49. The largest absolute Gasteiger partial charge is 0.497 e. The number of nitrogens with zero attached hydrogens (tertiary/aromatic N) is 3. The van der Waals surface area contributed by atoms with Gasteiger partial charge in [-0.15, -0.1) is 11.3 Å². The van der Waals surface area contributed by atoms with Crippen LogP contribution >= 0.6 is 23.6 Å². The summed E-state index contributed by atoms with van der Waals surface area (Å²) in [6, 6.07) is 15.2. The van der Waals surface area contributed by atoms with Crippen LogP contribution in [0.5, 0.6) is 5.75 Å². The Labute approximate surface area is 182 Å². The number of amides is 1. The fourth-order valence-corrected chi connectivity index (χ4v) is 3.85. The lowest BCUT2D eigenvalue weighted by molar-refractivity contribution is -0.116. The first kappa shape index (κ1) is 20.0. The van der Waals surface area contributed by atoms with Crippen molar-refractivity contribution < 1.29 is 9.53 Å². The number of hydrogen-bond donors (Lipinski definition) is 2. The molecule has 0 aliphatic carbocycles. The van der Waals surface area contributed by atoms with Gasteiger partial charge < -0.3 is 10.1 Å². The van der Waals surface area contributed by atoms with Gasteiger partial charge in [-0.3, -0.25) is 14.5 Å². The van der Waals surface area contributed by atoms with E-state index in [1.165, 1.54) is 0 Å². The molecule has 7 nitrogen and oxygen atoms in total. The molecule has 2 aromatic heterocycles. The third-order valence-corrected chi connectivity index (χ3v) is 5.65. The van der Waals surface area contributed by atoms with E-state index < -0.39 is 0 Å². The summed E-state index contributed by atoms with van der Waals surface area (Å²) in [5, 5.41) is 12.9. The Hall–Kier alpha value is -3.30. The van der Waals surface area contributed by atoms with Crippen LogP contribution in [0.4, 0.5) is 5.69 Å². The molecule has 4 aromatic rings. The Morgan fingerprint density at radius 3 is 2.57 bits per heavy atom. The maximum absolute atomic E-state index is 12.4. The van der Waals surface area contributed by atoms with Crippen LogP contribution in [0.1, 0.15) is 6.42 Å². The molecule has 0 radical (unpaired) electrons. The molecule has 0 saturated heterocycles. The Kier molecular flexibility index (Phi) is 6.01. The van der Waals surface area contributed by atoms with Gasteiger partial charge >= 0.3 is 0 Å². The van der Waals surface area contributed by atoms with Crippen molar-refractivity contribution in [3.05, 3.63) is 64.9 Å². The lowest BCUT2D eigenvalue weighted by atomic mass is 10.2. The molecule has 30 heavy (non-hydrogen) atoms. The van der Waals surface area contributed by atoms with E-state index in [-0.39, 0.29) is 12.3 Å². The smallest absolute Gasteiger partial charge is 0.226 e. The van der Waals surface area contributed by atoms with Crippen molar-refractivity contribution in [2.75, 3.05) is 12.4 Å². The van der Waals surface area contributed by atoms with E-state index in [1.807, 2.05) is 58.5 Å². The second-order valence-electron chi connectivity index (χ2n) is 6.45. The molecule has 0 aliphatic rings. The van der Waals surface area contributed by atoms with Crippen LogP contribution in [0.15, 0.2) is 60.1 Å². The second-order valence-corrected chi connectivity index (χ2v) is 7.73. The van der Waals surface area contributed by atoms with Crippen molar-refractivity contribution in [1.29, 1.82) is 0 Å². The number of anilines is 1. The van der Waals surface area contributed by atoms with Gasteiger partial charge in [0.1, 0.15) is 10.8 Å². The third kappa shape index (κ3) is 4.47. The fourth-order valence-electron chi connectivity index (χ4n) is 2.98. The van der Waals surface area contributed by atoms with Crippen LogP contribution in [-0.4, -0.2) is 32.8 Å². The molecule has 0 saturated carbocycles. The molecule has 2 N–H and O–H groups in total. The summed E-state index contributed by atoms with van der Waals surface area (Å²) in [7, 11) is 1.62. The number of H-pyrrole nitrogens is 1. The van der Waals surface area contributed by atoms with Crippen molar-refractivity contribution in [2.45, 2.75) is 13.0 Å². The van der Waals surface area contributed by atoms with Crippen LogP contribution in [0.2, 0.25) is 0 Å². The summed E-state index contributed by atoms with van der Waals surface area (Å²) >= 11 is 6.92. The van der Waals surface area contributed by atoms with Crippen molar-refractivity contribution in [3.63, 3.8) is 0 Å². The third-order valence-electron chi connectivity index (χ3n) is 4.52. The maximum Gasteiger partial charge on any atom is 0.226 e. The molecule has 1 amide bonds. The zero-order valence-electron chi connectivity index (χ0n) is 16.2. The highest BCUT2D eigenvalue weighted by Crippen LogP contribution is 2.24. The van der Waals surface area contributed by atoms with Crippen molar-refractivity contribution in [3.8, 4) is 27.7 Å². The summed E-state index contributed by atoms with van der Waals surface area (Å²) in [4.78, 5) is 16.7. The normalized spacial score (nSPS) is 10.7. The summed E-state index contributed by atoms with van der Waals surface area (Å²) in [6.07, 6.45) is 2.04. The minimum Gasteiger partial charge on any atom is -0.497 e. The minimum absolute atomic E-state index is 0.0965. The number of thiazole rings is 1. The topological polar surface area (TPSA) is 84.8 Å². The van der Waals surface area contributed by atoms with E-state index in [0.29, 0.717) is 17.1 Å². The van der Waals surface area contributed by atoms with Gasteiger partial charge in [0.05, 0.1) is 7.11 Å².